The molecule has 114 valence electrons. The Bertz CT molecular complexity index is 384. The summed E-state index contributed by atoms with van der Waals surface area (Å²) in [6.07, 6.45) is 12.3. The molecule has 0 spiro atoms. The summed E-state index contributed by atoms with van der Waals surface area (Å²) in [6, 6.07) is 0. The second kappa shape index (κ2) is 8.38. The smallest absolute Gasteiger partial charge is 0.192 e. The van der Waals surface area contributed by atoms with Gasteiger partial charge in [0, 0.05) is 0 Å². The highest BCUT2D eigenvalue weighted by Gasteiger charge is 2.38. The first kappa shape index (κ1) is 19.1. The van der Waals surface area contributed by atoms with E-state index in [0.717, 1.165) is 6.42 Å². The molecule has 0 aromatic rings. The van der Waals surface area contributed by atoms with Crippen molar-refractivity contribution in [3.05, 3.63) is 36.5 Å². The molecule has 0 saturated carbocycles. The zero-order valence-corrected chi connectivity index (χ0v) is 15.1. The predicted octanol–water partition coefficient (Wildman–Crippen LogP) is 5.04. The van der Waals surface area contributed by atoms with Gasteiger partial charge in [-0.25, -0.2) is 0 Å². The fourth-order valence-electron chi connectivity index (χ4n) is 1.32. The monoisotopic (exact) mass is 294 g/mol. The van der Waals surface area contributed by atoms with Crippen LogP contribution >= 0.6 is 0 Å². The number of rotatable bonds is 7. The fourth-order valence-corrected chi connectivity index (χ4v) is 2.68. The van der Waals surface area contributed by atoms with Crippen LogP contribution < -0.4 is 0 Å². The predicted molar refractivity (Wildman–Crippen MR) is 90.5 cm³/mol. The van der Waals surface area contributed by atoms with E-state index >= 15 is 0 Å². The first-order valence-corrected chi connectivity index (χ1v) is 10.2. The lowest BCUT2D eigenvalue weighted by atomic mass is 10.2. The molecule has 0 saturated heterocycles. The molecule has 0 radical (unpaired) electrons. The highest BCUT2D eigenvalue weighted by molar-refractivity contribution is 6.74. The molecule has 0 aliphatic rings. The molecule has 0 aromatic carbocycles. The SMILES string of the molecule is CC[C@H](/C=C/C=C/C=C/C(C)=O)O[Si](C)(C)C(C)(C)C. The van der Waals surface area contributed by atoms with Crippen LogP contribution in [-0.2, 0) is 9.22 Å². The van der Waals surface area contributed by atoms with Gasteiger partial charge in [0.25, 0.3) is 0 Å². The Balaban J connectivity index is 4.53. The third-order valence-electron chi connectivity index (χ3n) is 3.64. The Morgan fingerprint density at radius 1 is 1.15 bits per heavy atom. The lowest BCUT2D eigenvalue weighted by Gasteiger charge is -2.38. The highest BCUT2D eigenvalue weighted by atomic mass is 28.4. The minimum absolute atomic E-state index is 0.0614. The van der Waals surface area contributed by atoms with Crippen LogP contribution in [0.25, 0.3) is 0 Å². The van der Waals surface area contributed by atoms with E-state index in [1.807, 2.05) is 18.2 Å². The Labute approximate surface area is 125 Å². The molecule has 20 heavy (non-hydrogen) atoms. The summed E-state index contributed by atoms with van der Waals surface area (Å²) < 4.78 is 6.34. The number of allylic oxidation sites excluding steroid dienone is 5. The zero-order chi connectivity index (χ0) is 15.8. The second-order valence-electron chi connectivity index (χ2n) is 6.56. The second-order valence-corrected chi connectivity index (χ2v) is 11.3. The summed E-state index contributed by atoms with van der Waals surface area (Å²) in [4.78, 5) is 10.7. The Morgan fingerprint density at radius 3 is 2.15 bits per heavy atom. The van der Waals surface area contributed by atoms with Crippen molar-refractivity contribution in [3.8, 4) is 0 Å². The van der Waals surface area contributed by atoms with Gasteiger partial charge in [0.05, 0.1) is 6.10 Å². The molecule has 0 unspecified atom stereocenters. The van der Waals surface area contributed by atoms with E-state index in [9.17, 15) is 4.79 Å². The minimum Gasteiger partial charge on any atom is -0.411 e. The molecule has 0 rings (SSSR count). The van der Waals surface area contributed by atoms with Gasteiger partial charge < -0.3 is 4.43 Å². The van der Waals surface area contributed by atoms with E-state index in [1.165, 1.54) is 0 Å². The van der Waals surface area contributed by atoms with Crippen molar-refractivity contribution < 1.29 is 9.22 Å². The van der Waals surface area contributed by atoms with Crippen LogP contribution in [0.2, 0.25) is 18.1 Å². The quantitative estimate of drug-likeness (QED) is 0.373. The molecule has 0 aliphatic carbocycles. The van der Waals surface area contributed by atoms with Gasteiger partial charge in [-0.15, -0.1) is 0 Å². The Kier molecular flexibility index (Phi) is 7.98. The maximum atomic E-state index is 10.7. The number of hydrogen-bond acceptors (Lipinski definition) is 2. The third-order valence-corrected chi connectivity index (χ3v) is 8.15. The zero-order valence-electron chi connectivity index (χ0n) is 14.1. The fraction of sp³-hybridized carbons (Fsp3) is 0.588. The number of carbonyl (C=O) groups is 1. The molecule has 2 nitrogen and oxygen atoms in total. The molecule has 0 amide bonds. The van der Waals surface area contributed by atoms with E-state index in [2.05, 4.69) is 46.9 Å². The number of hydrogen-bond donors (Lipinski definition) is 0. The number of carbonyl (C=O) groups excluding carboxylic acids is 1. The standard InChI is InChI=1S/C17H30O2Si/c1-8-16(19-20(6,7)17(3,4)5)14-12-10-9-11-13-15(2)18/h9-14,16H,8H2,1-7H3/b10-9+,13-11+,14-12+/t16-/m1/s1. The van der Waals surface area contributed by atoms with Crippen molar-refractivity contribution in [1.82, 2.24) is 0 Å². The van der Waals surface area contributed by atoms with Gasteiger partial charge in [-0.05, 0) is 37.6 Å². The van der Waals surface area contributed by atoms with Crippen molar-refractivity contribution >= 4 is 14.1 Å². The van der Waals surface area contributed by atoms with Gasteiger partial charge in [0.15, 0.2) is 14.1 Å². The van der Waals surface area contributed by atoms with Crippen molar-refractivity contribution in [2.24, 2.45) is 0 Å². The first-order chi connectivity index (χ1) is 9.10. The number of ketones is 1. The molecule has 1 atom stereocenters. The summed E-state index contributed by atoms with van der Waals surface area (Å²) in [5.74, 6) is 0.0614. The van der Waals surface area contributed by atoms with E-state index in [1.54, 1.807) is 19.1 Å². The molecule has 0 heterocycles. The molecule has 0 bridgehead atoms. The van der Waals surface area contributed by atoms with E-state index in [0.29, 0.717) is 0 Å². The van der Waals surface area contributed by atoms with Gasteiger partial charge >= 0.3 is 0 Å². The van der Waals surface area contributed by atoms with Gasteiger partial charge in [-0.3, -0.25) is 4.79 Å². The van der Waals surface area contributed by atoms with Gasteiger partial charge in [0.1, 0.15) is 0 Å². The third kappa shape index (κ3) is 7.61. The van der Waals surface area contributed by atoms with Crippen molar-refractivity contribution in [3.63, 3.8) is 0 Å². The van der Waals surface area contributed by atoms with E-state index in [4.69, 9.17) is 4.43 Å². The molecular formula is C17H30O2Si. The Morgan fingerprint density at radius 2 is 1.70 bits per heavy atom. The van der Waals surface area contributed by atoms with Crippen molar-refractivity contribution in [2.45, 2.75) is 65.3 Å². The van der Waals surface area contributed by atoms with Crippen LogP contribution in [0.15, 0.2) is 36.5 Å². The van der Waals surface area contributed by atoms with Crippen LogP contribution in [0.1, 0.15) is 41.0 Å². The normalized spacial score (nSPS) is 15.6. The minimum atomic E-state index is -1.71. The van der Waals surface area contributed by atoms with E-state index < -0.39 is 8.32 Å². The molecule has 0 aliphatic heterocycles. The van der Waals surface area contributed by atoms with Crippen molar-refractivity contribution in [2.75, 3.05) is 0 Å². The maximum Gasteiger partial charge on any atom is 0.192 e. The maximum absolute atomic E-state index is 10.7. The summed E-state index contributed by atoms with van der Waals surface area (Å²) in [6.45, 7) is 15.0. The molecule has 0 aromatic heterocycles. The molecule has 3 heteroatoms. The van der Waals surface area contributed by atoms with Crippen LogP contribution in [0.5, 0.6) is 0 Å². The topological polar surface area (TPSA) is 26.3 Å². The van der Waals surface area contributed by atoms with Gasteiger partial charge in [-0.2, -0.15) is 0 Å². The van der Waals surface area contributed by atoms with Gasteiger partial charge in [0.2, 0.25) is 0 Å². The lowest BCUT2D eigenvalue weighted by molar-refractivity contribution is -0.112. The largest absolute Gasteiger partial charge is 0.411 e. The molecule has 0 N–H and O–H groups in total. The molecular weight excluding hydrogens is 264 g/mol. The van der Waals surface area contributed by atoms with Crippen LogP contribution in [0, 0.1) is 0 Å². The molecule has 0 fully saturated rings. The summed E-state index contributed by atoms with van der Waals surface area (Å²) in [5, 5.41) is 0.230. The average Bonchev–Trinajstić information content (AvgIpc) is 2.29. The van der Waals surface area contributed by atoms with Crippen molar-refractivity contribution in [1.29, 1.82) is 0 Å². The summed E-state index contributed by atoms with van der Waals surface area (Å²) in [5.41, 5.74) is 0. The first-order valence-electron chi connectivity index (χ1n) is 7.30. The van der Waals surface area contributed by atoms with Crippen LogP contribution in [0.3, 0.4) is 0 Å². The van der Waals surface area contributed by atoms with E-state index in [-0.39, 0.29) is 16.9 Å². The lowest BCUT2D eigenvalue weighted by Crippen LogP contribution is -2.43. The van der Waals surface area contributed by atoms with Crippen LogP contribution in [0.4, 0.5) is 0 Å². The highest BCUT2D eigenvalue weighted by Crippen LogP contribution is 2.37. The average molecular weight is 295 g/mol. The van der Waals surface area contributed by atoms with Crippen LogP contribution in [-0.4, -0.2) is 20.2 Å². The Hall–Kier alpha value is -0.933. The van der Waals surface area contributed by atoms with Gasteiger partial charge in [-0.1, -0.05) is 58.1 Å². The summed E-state index contributed by atoms with van der Waals surface area (Å²) in [7, 11) is -1.71. The summed E-state index contributed by atoms with van der Waals surface area (Å²) >= 11 is 0.